The number of aliphatic hydroxyl groups is 1. The highest BCUT2D eigenvalue weighted by atomic mass is 32.2. The van der Waals surface area contributed by atoms with Gasteiger partial charge >= 0.3 is 10.2 Å². The Labute approximate surface area is 87.6 Å². The quantitative estimate of drug-likeness (QED) is 0.317. The molecule has 0 amide bonds. The van der Waals surface area contributed by atoms with Crippen molar-refractivity contribution < 1.29 is 18.5 Å². The van der Waals surface area contributed by atoms with E-state index < -0.39 is 15.7 Å². The van der Waals surface area contributed by atoms with Crippen LogP contribution in [0.3, 0.4) is 0 Å². The maximum absolute atomic E-state index is 10.7. The number of rotatable bonds is 4. The van der Waals surface area contributed by atoms with Gasteiger partial charge in [-0.2, -0.15) is 13.4 Å². The van der Waals surface area contributed by atoms with Crippen LogP contribution in [0.25, 0.3) is 0 Å². The second-order valence-corrected chi connectivity index (χ2v) is 4.59. The molecule has 0 aromatic rings. The Morgan fingerprint density at radius 1 is 1.79 bits per heavy atom. The Morgan fingerprint density at radius 3 is 2.93 bits per heavy atom. The number of aliphatic hydroxyl groups excluding tert-OH is 1. The first kappa shape index (κ1) is 12.1. The fourth-order valence-corrected chi connectivity index (χ4v) is 2.02. The van der Waals surface area contributed by atoms with Crippen LogP contribution in [0.15, 0.2) is 0 Å². The Bertz CT molecular complexity index is 283. The first-order valence-corrected chi connectivity index (χ1v) is 5.88. The van der Waals surface area contributed by atoms with Crippen molar-refractivity contribution in [3.63, 3.8) is 0 Å². The molecular weight excluding hydrogens is 230 g/mol. The lowest BCUT2D eigenvalue weighted by Gasteiger charge is -2.21. The molecule has 10 heteroatoms. The molecule has 2 unspecified atom stereocenters. The van der Waals surface area contributed by atoms with Gasteiger partial charge in [0.2, 0.25) is 0 Å². The van der Waals surface area contributed by atoms with Gasteiger partial charge in [0.15, 0.2) is 6.67 Å². The summed E-state index contributed by atoms with van der Waals surface area (Å²) in [6.07, 6.45) is 0. The van der Waals surface area contributed by atoms with E-state index in [0.29, 0.717) is 18.2 Å². The van der Waals surface area contributed by atoms with Gasteiger partial charge in [-0.05, 0) is 4.83 Å². The fourth-order valence-electron chi connectivity index (χ4n) is 1.11. The molecule has 0 spiro atoms. The number of nitrogens with two attached hydrogens (primary N) is 1. The maximum atomic E-state index is 10.7. The first-order chi connectivity index (χ1) is 6.42. The van der Waals surface area contributed by atoms with E-state index in [1.807, 2.05) is 0 Å². The Balaban J connectivity index is 2.49. The molecule has 1 heterocycles. The van der Waals surface area contributed by atoms with Gasteiger partial charge in [-0.25, -0.2) is 15.6 Å². The van der Waals surface area contributed by atoms with E-state index in [1.165, 1.54) is 0 Å². The van der Waals surface area contributed by atoms with E-state index in [0.717, 1.165) is 0 Å². The van der Waals surface area contributed by atoms with Crippen molar-refractivity contribution >= 4 is 22.8 Å². The molecule has 1 aliphatic rings. The van der Waals surface area contributed by atoms with Crippen molar-refractivity contribution in [1.82, 2.24) is 15.3 Å². The van der Waals surface area contributed by atoms with Crippen LogP contribution >= 0.6 is 0 Å². The standard InChI is InChI=1S/C4H13N5O3S2/c5-14(11,12)7-9-3-8(1-2-10)6-4(9)13/h4,6-7,10,13H,1-3H2,(H2,5,11,12). The summed E-state index contributed by atoms with van der Waals surface area (Å²) in [5.41, 5.74) is 2.27. The molecule has 8 nitrogen and oxygen atoms in total. The monoisotopic (exact) mass is 243 g/mol. The van der Waals surface area contributed by atoms with Crippen molar-refractivity contribution in [2.45, 2.75) is 5.50 Å². The van der Waals surface area contributed by atoms with Gasteiger partial charge in [-0.15, -0.1) is 0 Å². The molecule has 84 valence electrons. The van der Waals surface area contributed by atoms with Crippen molar-refractivity contribution in [3.8, 4) is 0 Å². The highest BCUT2D eigenvalue weighted by molar-refractivity contribution is 7.86. The van der Waals surface area contributed by atoms with E-state index in [9.17, 15) is 8.42 Å². The third kappa shape index (κ3) is 3.67. The van der Waals surface area contributed by atoms with E-state index in [1.54, 1.807) is 5.01 Å². The van der Waals surface area contributed by atoms with E-state index in [2.05, 4.69) is 10.3 Å². The van der Waals surface area contributed by atoms with E-state index in [-0.39, 0.29) is 6.61 Å². The SMILES string of the molecule is NS(=O)(=O)N[NH+]1CN(CCO)NC1[S-]. The second kappa shape index (κ2) is 4.72. The van der Waals surface area contributed by atoms with Crippen molar-refractivity contribution in [2.24, 2.45) is 5.14 Å². The summed E-state index contributed by atoms with van der Waals surface area (Å²) in [5, 5.41) is 15.5. The molecule has 0 aliphatic carbocycles. The van der Waals surface area contributed by atoms with Gasteiger partial charge in [0.1, 0.15) is 0 Å². The van der Waals surface area contributed by atoms with Crippen LogP contribution in [0, 0.1) is 0 Å². The number of hydrogen-bond acceptors (Lipinski definition) is 6. The molecule has 0 aromatic heterocycles. The van der Waals surface area contributed by atoms with Crippen LogP contribution < -0.4 is 20.4 Å². The highest BCUT2D eigenvalue weighted by Crippen LogP contribution is 1.84. The zero-order chi connectivity index (χ0) is 10.8. The molecule has 0 saturated carbocycles. The number of quaternary nitrogens is 1. The van der Waals surface area contributed by atoms with Crippen molar-refractivity contribution in [2.75, 3.05) is 19.8 Å². The Hall–Kier alpha value is 0.0600. The Kier molecular flexibility index (Phi) is 4.09. The largest absolute Gasteiger partial charge is 0.707 e. The molecule has 0 bridgehead atoms. The Morgan fingerprint density at radius 2 is 2.43 bits per heavy atom. The normalized spacial score (nSPS) is 29.6. The molecule has 14 heavy (non-hydrogen) atoms. The van der Waals surface area contributed by atoms with Gasteiger partial charge in [0, 0.05) is 6.54 Å². The van der Waals surface area contributed by atoms with Crippen LogP contribution in [0.4, 0.5) is 0 Å². The molecule has 1 fully saturated rings. The summed E-state index contributed by atoms with van der Waals surface area (Å²) in [4.78, 5) is 2.13. The van der Waals surface area contributed by atoms with Crippen LogP contribution in [-0.4, -0.2) is 43.9 Å². The molecule has 2 atom stereocenters. The molecule has 0 aromatic carbocycles. The molecule has 1 saturated heterocycles. The fraction of sp³-hybridized carbons (Fsp3) is 1.00. The van der Waals surface area contributed by atoms with Gasteiger partial charge in [-0.3, -0.25) is 0 Å². The second-order valence-electron chi connectivity index (χ2n) is 2.83. The zero-order valence-electron chi connectivity index (χ0n) is 7.30. The van der Waals surface area contributed by atoms with Gasteiger partial charge in [-0.1, -0.05) is 0 Å². The summed E-state index contributed by atoms with van der Waals surface area (Å²) in [6, 6.07) is 0. The third-order valence-electron chi connectivity index (χ3n) is 1.62. The summed E-state index contributed by atoms with van der Waals surface area (Å²) < 4.78 is 21.4. The van der Waals surface area contributed by atoms with Crippen molar-refractivity contribution in [3.05, 3.63) is 0 Å². The van der Waals surface area contributed by atoms with Gasteiger partial charge in [0.05, 0.1) is 12.1 Å². The van der Waals surface area contributed by atoms with Crippen molar-refractivity contribution in [1.29, 1.82) is 0 Å². The van der Waals surface area contributed by atoms with Crippen LogP contribution in [-0.2, 0) is 22.8 Å². The van der Waals surface area contributed by atoms with Crippen LogP contribution in [0.5, 0.6) is 0 Å². The lowest BCUT2D eigenvalue weighted by molar-refractivity contribution is -0.933. The van der Waals surface area contributed by atoms with E-state index in [4.69, 9.17) is 22.9 Å². The predicted molar refractivity (Wildman–Crippen MR) is 50.2 cm³/mol. The highest BCUT2D eigenvalue weighted by Gasteiger charge is 2.27. The minimum Gasteiger partial charge on any atom is -0.707 e. The number of β-amino-alcohol motifs (C(OH)–C–C–N with tert-alkyl or cyclic N) is 1. The smallest absolute Gasteiger partial charge is 0.316 e. The lowest BCUT2D eigenvalue weighted by atomic mass is 10.7. The van der Waals surface area contributed by atoms with Gasteiger partial charge in [0.25, 0.3) is 0 Å². The third-order valence-corrected chi connectivity index (χ3v) is 2.56. The summed E-state index contributed by atoms with van der Waals surface area (Å²) in [7, 11) is -3.76. The minimum absolute atomic E-state index is 0.0301. The average molecular weight is 243 g/mol. The summed E-state index contributed by atoms with van der Waals surface area (Å²) in [5.74, 6) is 0. The van der Waals surface area contributed by atoms with Crippen LogP contribution in [0.1, 0.15) is 0 Å². The number of hydrogen-bond donors (Lipinski definition) is 5. The molecule has 6 N–H and O–H groups in total. The summed E-state index contributed by atoms with van der Waals surface area (Å²) >= 11 is 4.93. The topological polar surface area (TPSA) is 112 Å². The summed E-state index contributed by atoms with van der Waals surface area (Å²) in [6.45, 7) is 0.659. The van der Waals surface area contributed by atoms with Crippen LogP contribution in [0.2, 0.25) is 0 Å². The number of hydrazine groups is 1. The molecule has 1 rings (SSSR count). The number of nitrogens with zero attached hydrogens (tertiary/aromatic N) is 1. The van der Waals surface area contributed by atoms with Gasteiger partial charge < -0.3 is 17.7 Å². The molecular formula is C4H13N5O3S2. The van der Waals surface area contributed by atoms with E-state index >= 15 is 0 Å². The molecule has 1 aliphatic heterocycles. The maximum Gasteiger partial charge on any atom is 0.316 e. The predicted octanol–water partition coefficient (Wildman–Crippen LogP) is -4.82. The minimum atomic E-state index is -3.76. The lowest BCUT2D eigenvalue weighted by Crippen LogP contribution is -3.21. The average Bonchev–Trinajstić information content (AvgIpc) is 2.29. The number of nitrogens with one attached hydrogen (secondary N) is 3. The zero-order valence-corrected chi connectivity index (χ0v) is 8.94. The first-order valence-electron chi connectivity index (χ1n) is 3.86. The molecule has 0 radical (unpaired) electrons.